The maximum absolute atomic E-state index is 11.7. The number of aryl methyl sites for hydroxylation is 1. The summed E-state index contributed by atoms with van der Waals surface area (Å²) in [4.78, 5) is 20.2. The number of hydrogen-bond acceptors (Lipinski definition) is 5. The van der Waals surface area contributed by atoms with Gasteiger partial charge in [0, 0.05) is 11.8 Å². The molecule has 3 aromatic rings. The molecule has 2 heterocycles. The Hall–Kier alpha value is -3.15. The summed E-state index contributed by atoms with van der Waals surface area (Å²) < 4.78 is 0. The summed E-state index contributed by atoms with van der Waals surface area (Å²) in [5, 5.41) is 10.1. The Bertz CT molecular complexity index is 951. The largest absolute Gasteiger partial charge is 0.508 e. The average molecular weight is 308 g/mol. The summed E-state index contributed by atoms with van der Waals surface area (Å²) in [6.07, 6.45) is 1.63. The van der Waals surface area contributed by atoms with Crippen molar-refractivity contribution in [3.63, 3.8) is 0 Å². The Morgan fingerprint density at radius 3 is 2.70 bits per heavy atom. The van der Waals surface area contributed by atoms with Gasteiger partial charge in [0.25, 0.3) is 5.91 Å². The van der Waals surface area contributed by atoms with Gasteiger partial charge in [-0.15, -0.1) is 0 Å². The van der Waals surface area contributed by atoms with Crippen LogP contribution in [0.5, 0.6) is 5.75 Å². The molecule has 0 atom stereocenters. The number of aromatic hydroxyl groups is 1. The van der Waals surface area contributed by atoms with Crippen LogP contribution in [0.15, 0.2) is 30.5 Å². The van der Waals surface area contributed by atoms with E-state index in [0.717, 1.165) is 5.56 Å². The molecule has 6 heteroatoms. The summed E-state index contributed by atoms with van der Waals surface area (Å²) in [6.45, 7) is 3.65. The fourth-order valence-electron chi connectivity index (χ4n) is 2.67. The van der Waals surface area contributed by atoms with E-state index < -0.39 is 5.91 Å². The number of nitrogen functional groups attached to an aromatic ring is 1. The zero-order chi connectivity index (χ0) is 16.7. The number of phenols is 1. The van der Waals surface area contributed by atoms with E-state index in [0.29, 0.717) is 27.7 Å². The molecule has 1 amide bonds. The number of nitrogens with zero attached hydrogens (tertiary/aromatic N) is 2. The third-order valence-corrected chi connectivity index (χ3v) is 3.81. The van der Waals surface area contributed by atoms with Crippen molar-refractivity contribution in [1.29, 1.82) is 0 Å². The number of carbonyl (C=O) groups is 1. The van der Waals surface area contributed by atoms with E-state index in [1.165, 1.54) is 0 Å². The third kappa shape index (κ3) is 2.34. The zero-order valence-electron chi connectivity index (χ0n) is 12.8. The van der Waals surface area contributed by atoms with Crippen LogP contribution in [0.3, 0.4) is 0 Å². The lowest BCUT2D eigenvalue weighted by Gasteiger charge is -2.15. The molecule has 0 saturated carbocycles. The first kappa shape index (κ1) is 14.8. The molecule has 0 bridgehead atoms. The molecular weight excluding hydrogens is 292 g/mol. The Morgan fingerprint density at radius 1 is 1.26 bits per heavy atom. The summed E-state index contributed by atoms with van der Waals surface area (Å²) in [6, 6.07) is 7.02. The standard InChI is InChI=1S/C17H16N4O2/c1-8-6-10(9(2)12(22)7-8)13-14(18)16(17(19)23)21-11-4-3-5-20-15(11)13/h3-7,22H,18H2,1-2H3,(H2,19,23). The maximum Gasteiger partial charge on any atom is 0.269 e. The number of nitrogens with two attached hydrogens (primary N) is 2. The quantitative estimate of drug-likeness (QED) is 0.672. The van der Waals surface area contributed by atoms with Gasteiger partial charge in [0.05, 0.1) is 16.7 Å². The van der Waals surface area contributed by atoms with Gasteiger partial charge >= 0.3 is 0 Å². The van der Waals surface area contributed by atoms with E-state index in [1.54, 1.807) is 31.3 Å². The van der Waals surface area contributed by atoms with Crippen molar-refractivity contribution in [2.24, 2.45) is 5.73 Å². The molecule has 23 heavy (non-hydrogen) atoms. The minimum absolute atomic E-state index is 0.000830. The van der Waals surface area contributed by atoms with Crippen LogP contribution in [0.2, 0.25) is 0 Å². The number of phenolic OH excluding ortho intramolecular Hbond substituents is 1. The number of hydrogen-bond donors (Lipinski definition) is 3. The first-order chi connectivity index (χ1) is 10.9. The van der Waals surface area contributed by atoms with Crippen molar-refractivity contribution in [3.05, 3.63) is 47.3 Å². The smallest absolute Gasteiger partial charge is 0.269 e. The average Bonchev–Trinajstić information content (AvgIpc) is 2.50. The highest BCUT2D eigenvalue weighted by molar-refractivity contribution is 6.07. The molecule has 1 aromatic carbocycles. The van der Waals surface area contributed by atoms with E-state index in [4.69, 9.17) is 11.5 Å². The predicted molar refractivity (Wildman–Crippen MR) is 89.0 cm³/mol. The van der Waals surface area contributed by atoms with Crippen LogP contribution in [0, 0.1) is 13.8 Å². The molecule has 0 spiro atoms. The Kier molecular flexibility index (Phi) is 3.37. The second kappa shape index (κ2) is 5.24. The molecule has 0 unspecified atom stereocenters. The van der Waals surface area contributed by atoms with Gasteiger partial charge in [-0.3, -0.25) is 9.78 Å². The molecule has 0 saturated heterocycles. The van der Waals surface area contributed by atoms with Crippen LogP contribution in [-0.2, 0) is 0 Å². The van der Waals surface area contributed by atoms with E-state index in [1.807, 2.05) is 13.0 Å². The molecule has 116 valence electrons. The lowest BCUT2D eigenvalue weighted by atomic mass is 9.94. The predicted octanol–water partition coefficient (Wildman–Crippen LogP) is 2.30. The van der Waals surface area contributed by atoms with E-state index in [9.17, 15) is 9.90 Å². The number of benzene rings is 1. The van der Waals surface area contributed by atoms with Crippen molar-refractivity contribution in [3.8, 4) is 16.9 Å². The van der Waals surface area contributed by atoms with Crippen molar-refractivity contribution < 1.29 is 9.90 Å². The van der Waals surface area contributed by atoms with Gasteiger partial charge in [0.1, 0.15) is 5.75 Å². The van der Waals surface area contributed by atoms with E-state index >= 15 is 0 Å². The highest BCUT2D eigenvalue weighted by Crippen LogP contribution is 2.38. The minimum atomic E-state index is -0.705. The molecule has 0 fully saturated rings. The Balaban J connectivity index is 2.50. The molecule has 0 aliphatic rings. The second-order valence-corrected chi connectivity index (χ2v) is 5.44. The zero-order valence-corrected chi connectivity index (χ0v) is 12.8. The van der Waals surface area contributed by atoms with Gasteiger partial charge in [0.15, 0.2) is 5.69 Å². The SMILES string of the molecule is Cc1cc(O)c(C)c(-c2c(N)c(C(N)=O)nc3cccnc23)c1. The van der Waals surface area contributed by atoms with Crippen LogP contribution in [0.1, 0.15) is 21.6 Å². The molecule has 0 radical (unpaired) electrons. The van der Waals surface area contributed by atoms with Gasteiger partial charge in [-0.25, -0.2) is 4.98 Å². The summed E-state index contributed by atoms with van der Waals surface area (Å²) in [5.41, 5.74) is 15.6. The monoisotopic (exact) mass is 308 g/mol. The fourth-order valence-corrected chi connectivity index (χ4v) is 2.67. The summed E-state index contributed by atoms with van der Waals surface area (Å²) in [7, 11) is 0. The first-order valence-electron chi connectivity index (χ1n) is 7.04. The summed E-state index contributed by atoms with van der Waals surface area (Å²) in [5.74, 6) is -0.551. The van der Waals surface area contributed by atoms with Gasteiger partial charge in [0.2, 0.25) is 0 Å². The third-order valence-electron chi connectivity index (χ3n) is 3.81. The van der Waals surface area contributed by atoms with E-state index in [2.05, 4.69) is 9.97 Å². The van der Waals surface area contributed by atoms with Crippen molar-refractivity contribution in [2.45, 2.75) is 13.8 Å². The number of anilines is 1. The van der Waals surface area contributed by atoms with Crippen LogP contribution in [0.4, 0.5) is 5.69 Å². The van der Waals surface area contributed by atoms with Crippen LogP contribution in [-0.4, -0.2) is 21.0 Å². The molecule has 0 aliphatic carbocycles. The number of primary amides is 1. The molecular formula is C17H16N4O2. The highest BCUT2D eigenvalue weighted by atomic mass is 16.3. The van der Waals surface area contributed by atoms with Gasteiger partial charge < -0.3 is 16.6 Å². The van der Waals surface area contributed by atoms with Crippen molar-refractivity contribution in [1.82, 2.24) is 9.97 Å². The number of fused-ring (bicyclic) bond motifs is 1. The number of rotatable bonds is 2. The normalized spacial score (nSPS) is 10.9. The lowest BCUT2D eigenvalue weighted by molar-refractivity contribution is 0.0997. The topological polar surface area (TPSA) is 115 Å². The number of amides is 1. The van der Waals surface area contributed by atoms with Gasteiger partial charge in [-0.1, -0.05) is 6.07 Å². The molecule has 3 rings (SSSR count). The molecule has 6 nitrogen and oxygen atoms in total. The lowest BCUT2D eigenvalue weighted by Crippen LogP contribution is -2.17. The number of aromatic nitrogens is 2. The number of pyridine rings is 2. The van der Waals surface area contributed by atoms with Crippen LogP contribution >= 0.6 is 0 Å². The van der Waals surface area contributed by atoms with E-state index in [-0.39, 0.29) is 17.1 Å². The molecule has 5 N–H and O–H groups in total. The Labute approximate surface area is 132 Å². The first-order valence-corrected chi connectivity index (χ1v) is 7.04. The Morgan fingerprint density at radius 2 is 2.00 bits per heavy atom. The molecule has 2 aromatic heterocycles. The molecule has 0 aliphatic heterocycles. The van der Waals surface area contributed by atoms with Crippen LogP contribution < -0.4 is 11.5 Å². The van der Waals surface area contributed by atoms with Crippen molar-refractivity contribution >= 4 is 22.6 Å². The fraction of sp³-hybridized carbons (Fsp3) is 0.118. The van der Waals surface area contributed by atoms with Crippen molar-refractivity contribution in [2.75, 3.05) is 5.73 Å². The highest BCUT2D eigenvalue weighted by Gasteiger charge is 2.20. The van der Waals surface area contributed by atoms with Gasteiger partial charge in [-0.2, -0.15) is 0 Å². The maximum atomic E-state index is 11.7. The van der Waals surface area contributed by atoms with Crippen LogP contribution in [0.25, 0.3) is 22.2 Å². The number of carbonyl (C=O) groups excluding carboxylic acids is 1. The van der Waals surface area contributed by atoms with Gasteiger partial charge in [-0.05, 0) is 48.7 Å². The minimum Gasteiger partial charge on any atom is -0.508 e. The second-order valence-electron chi connectivity index (χ2n) is 5.44. The summed E-state index contributed by atoms with van der Waals surface area (Å²) >= 11 is 0.